The average molecular weight is 442 g/mol. The van der Waals surface area contributed by atoms with Gasteiger partial charge in [-0.05, 0) is 62.9 Å². The maximum atomic E-state index is 5.76. The third-order valence-electron chi connectivity index (χ3n) is 5.72. The number of nitrogens with one attached hydrogen (secondary N) is 2. The van der Waals surface area contributed by atoms with E-state index in [-0.39, 0.29) is 6.04 Å². The molecule has 0 aliphatic carbocycles. The van der Waals surface area contributed by atoms with Gasteiger partial charge in [0, 0.05) is 25.0 Å². The Labute approximate surface area is 187 Å². The summed E-state index contributed by atoms with van der Waals surface area (Å²) in [5, 5.41) is 17.5. The number of hydrogen-bond donors (Lipinski definition) is 2. The van der Waals surface area contributed by atoms with Gasteiger partial charge in [-0.15, -0.1) is 21.5 Å². The van der Waals surface area contributed by atoms with Gasteiger partial charge in [-0.3, -0.25) is 4.90 Å². The molecule has 1 atom stereocenters. The number of aromatic nitrogens is 3. The molecule has 1 aliphatic rings. The van der Waals surface area contributed by atoms with Crippen LogP contribution in [0.1, 0.15) is 41.2 Å². The van der Waals surface area contributed by atoms with E-state index in [9.17, 15) is 0 Å². The Balaban J connectivity index is 1.42. The monoisotopic (exact) mass is 441 g/mol. The molecule has 0 bridgehead atoms. The first-order valence-corrected chi connectivity index (χ1v) is 11.8. The maximum absolute atomic E-state index is 5.76. The van der Waals surface area contributed by atoms with Gasteiger partial charge in [-0.1, -0.05) is 6.07 Å². The van der Waals surface area contributed by atoms with Crippen LogP contribution < -0.4 is 10.6 Å². The van der Waals surface area contributed by atoms with Crippen molar-refractivity contribution in [1.29, 1.82) is 0 Å². The smallest absolute Gasteiger partial charge is 0.191 e. The van der Waals surface area contributed by atoms with E-state index in [0.29, 0.717) is 6.54 Å². The Kier molecular flexibility index (Phi) is 7.37. The van der Waals surface area contributed by atoms with Gasteiger partial charge < -0.3 is 19.6 Å². The Morgan fingerprint density at radius 3 is 2.77 bits per heavy atom. The summed E-state index contributed by atoms with van der Waals surface area (Å²) in [4.78, 5) is 8.64. The number of furan rings is 1. The van der Waals surface area contributed by atoms with Gasteiger partial charge in [0.15, 0.2) is 11.8 Å². The number of nitrogens with zero attached hydrogens (tertiary/aromatic N) is 5. The summed E-state index contributed by atoms with van der Waals surface area (Å²) in [6, 6.07) is 8.48. The molecule has 8 nitrogen and oxygen atoms in total. The van der Waals surface area contributed by atoms with Crippen LogP contribution >= 0.6 is 11.3 Å². The van der Waals surface area contributed by atoms with Crippen LogP contribution in [0.2, 0.25) is 0 Å². The minimum absolute atomic E-state index is 0.193. The molecule has 4 heterocycles. The molecule has 0 spiro atoms. The van der Waals surface area contributed by atoms with Crippen molar-refractivity contribution < 1.29 is 4.42 Å². The van der Waals surface area contributed by atoms with Crippen molar-refractivity contribution in [3.8, 4) is 0 Å². The van der Waals surface area contributed by atoms with Crippen LogP contribution in [-0.2, 0) is 20.0 Å². The second kappa shape index (κ2) is 10.6. The van der Waals surface area contributed by atoms with Crippen molar-refractivity contribution in [2.75, 3.05) is 26.2 Å². The molecule has 9 heteroatoms. The zero-order valence-corrected chi connectivity index (χ0v) is 19.1. The van der Waals surface area contributed by atoms with Crippen LogP contribution in [0.25, 0.3) is 0 Å². The van der Waals surface area contributed by atoms with Crippen LogP contribution in [0.15, 0.2) is 45.3 Å². The third-order valence-corrected chi connectivity index (χ3v) is 6.66. The van der Waals surface area contributed by atoms with Gasteiger partial charge in [-0.2, -0.15) is 0 Å². The van der Waals surface area contributed by atoms with E-state index < -0.39 is 0 Å². The lowest BCUT2D eigenvalue weighted by Crippen LogP contribution is -2.43. The Morgan fingerprint density at radius 1 is 1.23 bits per heavy atom. The van der Waals surface area contributed by atoms with Crippen LogP contribution in [0.5, 0.6) is 0 Å². The fraction of sp³-hybridized carbons (Fsp3) is 0.500. The molecule has 0 amide bonds. The molecule has 31 heavy (non-hydrogen) atoms. The van der Waals surface area contributed by atoms with Crippen LogP contribution in [0.3, 0.4) is 0 Å². The van der Waals surface area contributed by atoms with E-state index in [0.717, 1.165) is 56.0 Å². The van der Waals surface area contributed by atoms with Gasteiger partial charge in [0.2, 0.25) is 0 Å². The van der Waals surface area contributed by atoms with Crippen molar-refractivity contribution in [1.82, 2.24) is 30.3 Å². The first-order chi connectivity index (χ1) is 15.2. The lowest BCUT2D eigenvalue weighted by molar-refractivity contribution is 0.215. The van der Waals surface area contributed by atoms with Crippen molar-refractivity contribution >= 4 is 17.3 Å². The normalized spacial score (nSPS) is 16.0. The molecule has 1 saturated heterocycles. The molecule has 166 valence electrons. The first kappa shape index (κ1) is 21.6. The number of aliphatic imine (C=N–C) groups is 1. The topological polar surface area (TPSA) is 83.5 Å². The second-order valence-corrected chi connectivity index (χ2v) is 8.83. The quantitative estimate of drug-likeness (QED) is 0.392. The Morgan fingerprint density at radius 2 is 2.10 bits per heavy atom. The molecule has 3 aromatic rings. The second-order valence-electron chi connectivity index (χ2n) is 7.80. The highest BCUT2D eigenvalue weighted by Gasteiger charge is 2.25. The molecule has 4 rings (SSSR count). The predicted octanol–water partition coefficient (Wildman–Crippen LogP) is 2.89. The maximum Gasteiger partial charge on any atom is 0.191 e. The number of guanidine groups is 1. The van der Waals surface area contributed by atoms with E-state index in [4.69, 9.17) is 9.41 Å². The van der Waals surface area contributed by atoms with Gasteiger partial charge in [0.25, 0.3) is 0 Å². The molecule has 2 N–H and O–H groups in total. The fourth-order valence-corrected chi connectivity index (χ4v) is 4.52. The van der Waals surface area contributed by atoms with Crippen molar-refractivity contribution in [2.45, 2.75) is 38.8 Å². The Hall–Kier alpha value is -2.65. The molecular formula is C22H31N7OS. The van der Waals surface area contributed by atoms with Gasteiger partial charge in [-0.25, -0.2) is 4.99 Å². The number of rotatable bonds is 9. The predicted molar refractivity (Wildman–Crippen MR) is 123 cm³/mol. The summed E-state index contributed by atoms with van der Waals surface area (Å²) < 4.78 is 7.73. The molecule has 3 aromatic heterocycles. The fourth-order valence-electron chi connectivity index (χ4n) is 3.81. The number of hydrogen-bond acceptors (Lipinski definition) is 6. The van der Waals surface area contributed by atoms with E-state index in [1.807, 2.05) is 24.6 Å². The molecule has 0 radical (unpaired) electrons. The zero-order chi connectivity index (χ0) is 21.5. The standard InChI is InChI=1S/C22H31N7OS/c1-17-26-27-21(28(17)2)16-25-22(23-10-9-18-7-6-14-31-18)24-15-19(20-8-5-13-30-20)29-11-3-4-12-29/h5-8,13-14,19H,3-4,9-12,15-16H2,1-2H3,(H2,23,24,25). The highest BCUT2D eigenvalue weighted by molar-refractivity contribution is 7.09. The van der Waals surface area contributed by atoms with Crippen LogP contribution in [-0.4, -0.2) is 51.8 Å². The summed E-state index contributed by atoms with van der Waals surface area (Å²) in [7, 11) is 1.97. The summed E-state index contributed by atoms with van der Waals surface area (Å²) >= 11 is 1.78. The number of thiophene rings is 1. The molecule has 1 fully saturated rings. The van der Waals surface area contributed by atoms with E-state index in [1.165, 1.54) is 17.7 Å². The lowest BCUT2D eigenvalue weighted by Gasteiger charge is -2.26. The largest absolute Gasteiger partial charge is 0.468 e. The van der Waals surface area contributed by atoms with Crippen molar-refractivity contribution in [2.24, 2.45) is 12.0 Å². The van der Waals surface area contributed by atoms with Gasteiger partial charge in [0.05, 0.1) is 12.3 Å². The van der Waals surface area contributed by atoms with Crippen molar-refractivity contribution in [3.63, 3.8) is 0 Å². The van der Waals surface area contributed by atoms with Crippen LogP contribution in [0, 0.1) is 6.92 Å². The summed E-state index contributed by atoms with van der Waals surface area (Å²) in [6.07, 6.45) is 5.20. The molecule has 1 aliphatic heterocycles. The summed E-state index contributed by atoms with van der Waals surface area (Å²) in [5.41, 5.74) is 0. The first-order valence-electron chi connectivity index (χ1n) is 10.9. The average Bonchev–Trinajstić information content (AvgIpc) is 3.58. The van der Waals surface area contributed by atoms with E-state index in [2.05, 4.69) is 49.3 Å². The number of likely N-dealkylation sites (tertiary alicyclic amines) is 1. The minimum atomic E-state index is 0.193. The highest BCUT2D eigenvalue weighted by atomic mass is 32.1. The van der Waals surface area contributed by atoms with E-state index in [1.54, 1.807) is 17.6 Å². The summed E-state index contributed by atoms with van der Waals surface area (Å²) in [5.74, 6) is 3.51. The molecular weight excluding hydrogens is 410 g/mol. The highest BCUT2D eigenvalue weighted by Crippen LogP contribution is 2.24. The zero-order valence-electron chi connectivity index (χ0n) is 18.3. The third kappa shape index (κ3) is 5.74. The lowest BCUT2D eigenvalue weighted by atomic mass is 10.2. The Bertz CT molecular complexity index is 943. The molecule has 0 aromatic carbocycles. The van der Waals surface area contributed by atoms with Gasteiger partial charge in [0.1, 0.15) is 18.1 Å². The molecule has 0 saturated carbocycles. The van der Waals surface area contributed by atoms with E-state index >= 15 is 0 Å². The molecule has 1 unspecified atom stereocenters. The number of aryl methyl sites for hydroxylation is 1. The van der Waals surface area contributed by atoms with Crippen molar-refractivity contribution in [3.05, 3.63) is 58.2 Å². The minimum Gasteiger partial charge on any atom is -0.468 e. The van der Waals surface area contributed by atoms with Crippen LogP contribution in [0.4, 0.5) is 0 Å². The SMILES string of the molecule is Cc1nnc(CN=C(NCCc2cccs2)NCC(c2ccco2)N2CCCC2)n1C. The summed E-state index contributed by atoms with van der Waals surface area (Å²) in [6.45, 7) is 6.17. The van der Waals surface area contributed by atoms with Gasteiger partial charge >= 0.3 is 0 Å².